The van der Waals surface area contributed by atoms with Crippen LogP contribution in [0, 0.1) is 5.92 Å². The zero-order valence-electron chi connectivity index (χ0n) is 18.2. The summed E-state index contributed by atoms with van der Waals surface area (Å²) < 4.78 is 6.01. The summed E-state index contributed by atoms with van der Waals surface area (Å²) in [5.74, 6) is 0.444. The minimum Gasteiger partial charge on any atom is -0.387 e. The van der Waals surface area contributed by atoms with Crippen molar-refractivity contribution in [2.45, 2.75) is 74.5 Å². The van der Waals surface area contributed by atoms with Gasteiger partial charge in [-0.2, -0.15) is 0 Å². The number of carbonyl (C=O) groups is 1. The largest absolute Gasteiger partial charge is 0.387 e. The fraction of sp³-hybridized carbons (Fsp3) is 0.857. The van der Waals surface area contributed by atoms with Gasteiger partial charge in [0.1, 0.15) is 29.9 Å². The Kier molecular flexibility index (Phi) is 8.60. The average Bonchev–Trinajstić information content (AvgIpc) is 3.12. The van der Waals surface area contributed by atoms with Crippen LogP contribution in [0.25, 0.3) is 0 Å². The summed E-state index contributed by atoms with van der Waals surface area (Å²) in [6, 6.07) is -0.760. The fourth-order valence-corrected chi connectivity index (χ4v) is 5.61. The monoisotopic (exact) mass is 443 g/mol. The van der Waals surface area contributed by atoms with E-state index in [1.807, 2.05) is 13.1 Å². The molecule has 0 bridgehead atoms. The van der Waals surface area contributed by atoms with Crippen LogP contribution in [-0.2, 0) is 9.53 Å². The van der Waals surface area contributed by atoms with Crippen LogP contribution < -0.4 is 10.6 Å². The number of aliphatic hydroxyl groups excluding tert-OH is 3. The highest BCUT2D eigenvalue weighted by atomic mass is 32.2. The van der Waals surface area contributed by atoms with Gasteiger partial charge in [-0.15, -0.1) is 11.8 Å². The molecule has 5 N–H and O–H groups in total. The molecule has 9 heteroatoms. The number of aliphatic hydroxyl groups is 3. The third-order valence-corrected chi connectivity index (χ3v) is 7.45. The van der Waals surface area contributed by atoms with Crippen LogP contribution in [0.2, 0.25) is 0 Å². The quantitative estimate of drug-likeness (QED) is 0.340. The molecular weight excluding hydrogens is 406 g/mol. The molecule has 0 aliphatic carbocycles. The second-order valence-corrected chi connectivity index (χ2v) is 9.68. The third kappa shape index (κ3) is 5.20. The van der Waals surface area contributed by atoms with Gasteiger partial charge < -0.3 is 30.7 Å². The van der Waals surface area contributed by atoms with Crippen molar-refractivity contribution in [3.63, 3.8) is 0 Å². The van der Waals surface area contributed by atoms with Crippen molar-refractivity contribution in [2.24, 2.45) is 5.92 Å². The van der Waals surface area contributed by atoms with E-state index >= 15 is 0 Å². The van der Waals surface area contributed by atoms with Crippen molar-refractivity contribution in [1.82, 2.24) is 15.5 Å². The summed E-state index contributed by atoms with van der Waals surface area (Å²) in [5, 5.41) is 37.7. The first-order valence-electron chi connectivity index (χ1n) is 11.0. The van der Waals surface area contributed by atoms with Gasteiger partial charge in [0.25, 0.3) is 0 Å². The van der Waals surface area contributed by atoms with Gasteiger partial charge in [-0.05, 0) is 50.6 Å². The first-order chi connectivity index (χ1) is 14.4. The molecule has 0 aromatic heterocycles. The van der Waals surface area contributed by atoms with Crippen LogP contribution in [0.1, 0.15) is 32.6 Å². The Morgan fingerprint density at radius 1 is 1.37 bits per heavy atom. The Morgan fingerprint density at radius 3 is 2.77 bits per heavy atom. The lowest BCUT2D eigenvalue weighted by Gasteiger charge is -2.44. The molecule has 0 radical (unpaired) electrons. The van der Waals surface area contributed by atoms with E-state index in [9.17, 15) is 20.1 Å². The van der Waals surface area contributed by atoms with Crippen molar-refractivity contribution in [3.05, 3.63) is 11.6 Å². The summed E-state index contributed by atoms with van der Waals surface area (Å²) in [7, 11) is 1.98. The molecule has 1 amide bonds. The summed E-state index contributed by atoms with van der Waals surface area (Å²) in [6.45, 7) is 4.53. The van der Waals surface area contributed by atoms with Gasteiger partial charge in [0.2, 0.25) is 5.91 Å². The lowest BCUT2D eigenvalue weighted by Crippen LogP contribution is -2.64. The summed E-state index contributed by atoms with van der Waals surface area (Å²) in [6.07, 6.45) is 2.94. The predicted molar refractivity (Wildman–Crippen MR) is 117 cm³/mol. The number of amides is 1. The highest BCUT2D eigenvalue weighted by Gasteiger charge is 2.48. The van der Waals surface area contributed by atoms with Gasteiger partial charge in [-0.25, -0.2) is 0 Å². The normalized spacial score (nSPS) is 38.9. The Labute approximate surface area is 183 Å². The molecule has 0 aromatic rings. The van der Waals surface area contributed by atoms with Crippen molar-refractivity contribution in [1.29, 1.82) is 0 Å². The van der Waals surface area contributed by atoms with Crippen LogP contribution in [0.3, 0.4) is 0 Å². The number of likely N-dealkylation sites (N-methyl/N-ethyl adjacent to an activating group) is 1. The first-order valence-corrected chi connectivity index (χ1v) is 12.3. The lowest BCUT2D eigenvalue weighted by molar-refractivity contribution is -0.202. The predicted octanol–water partition coefficient (Wildman–Crippen LogP) is -0.318. The number of rotatable bonds is 7. The summed E-state index contributed by atoms with van der Waals surface area (Å²) in [5.41, 5.74) is 0.318. The molecule has 3 aliphatic heterocycles. The molecule has 8 atom stereocenters. The van der Waals surface area contributed by atoms with Crippen molar-refractivity contribution in [3.8, 4) is 0 Å². The highest BCUT2D eigenvalue weighted by molar-refractivity contribution is 7.99. The topological polar surface area (TPSA) is 114 Å². The molecule has 0 saturated carbocycles. The molecule has 0 aromatic carbocycles. The summed E-state index contributed by atoms with van der Waals surface area (Å²) >= 11 is 1.28. The van der Waals surface area contributed by atoms with E-state index in [1.165, 1.54) is 11.8 Å². The van der Waals surface area contributed by atoms with Gasteiger partial charge in [0.15, 0.2) is 0 Å². The molecule has 2 saturated heterocycles. The van der Waals surface area contributed by atoms with E-state index in [0.29, 0.717) is 12.5 Å². The zero-order valence-corrected chi connectivity index (χ0v) is 19.0. The number of thioether (sulfide) groups is 1. The molecule has 5 unspecified atom stereocenters. The second-order valence-electron chi connectivity index (χ2n) is 8.74. The Bertz CT molecular complexity index is 619. The Hall–Kier alpha value is -0.680. The molecule has 0 spiro atoms. The Morgan fingerprint density at radius 2 is 2.13 bits per heavy atom. The highest BCUT2D eigenvalue weighted by Crippen LogP contribution is 2.32. The molecule has 3 rings (SSSR count). The van der Waals surface area contributed by atoms with Crippen LogP contribution in [0.15, 0.2) is 11.6 Å². The van der Waals surface area contributed by atoms with E-state index in [0.717, 1.165) is 44.3 Å². The minimum absolute atomic E-state index is 0.0716. The summed E-state index contributed by atoms with van der Waals surface area (Å²) in [4.78, 5) is 15.4. The maximum absolute atomic E-state index is 13.3. The van der Waals surface area contributed by atoms with Crippen molar-refractivity contribution < 1.29 is 24.9 Å². The van der Waals surface area contributed by atoms with Crippen LogP contribution in [0.4, 0.5) is 0 Å². The number of hydrogen-bond donors (Lipinski definition) is 5. The molecule has 172 valence electrons. The molecule has 8 nitrogen and oxygen atoms in total. The van der Waals surface area contributed by atoms with E-state index in [1.54, 1.807) is 6.26 Å². The standard InChI is InChI=1S/C21H37N3O5S/c1-4-5-12-10-14(24(2)11-12)20(28)23-15(13-6-8-22-9-7-13)19-17(26)16(25)18(27)21(29-19)30-3/h6,12,14-19,21-22,25-27H,4-5,7-11H2,1-3H3,(H,23,28)/t12-,14+,15-,16?,17?,18?,19?,21?/m1/s1. The molecule has 30 heavy (non-hydrogen) atoms. The third-order valence-electron chi connectivity index (χ3n) is 6.60. The van der Waals surface area contributed by atoms with Crippen molar-refractivity contribution >= 4 is 17.7 Å². The second kappa shape index (κ2) is 10.8. The number of likely N-dealkylation sites (tertiary alicyclic amines) is 1. The zero-order chi connectivity index (χ0) is 21.8. The van der Waals surface area contributed by atoms with Crippen LogP contribution in [0.5, 0.6) is 0 Å². The van der Waals surface area contributed by atoms with Gasteiger partial charge in [-0.1, -0.05) is 19.4 Å². The number of nitrogens with one attached hydrogen (secondary N) is 2. The van der Waals surface area contributed by atoms with E-state index in [2.05, 4.69) is 22.5 Å². The number of ether oxygens (including phenoxy) is 1. The van der Waals surface area contributed by atoms with Crippen LogP contribution in [-0.4, -0.2) is 101 Å². The fourth-order valence-electron chi connectivity index (χ4n) is 4.93. The van der Waals surface area contributed by atoms with E-state index in [-0.39, 0.29) is 11.9 Å². The van der Waals surface area contributed by atoms with Gasteiger partial charge in [0.05, 0.1) is 12.1 Å². The first kappa shape index (κ1) is 24.0. The molecular formula is C21H37N3O5S. The van der Waals surface area contributed by atoms with Gasteiger partial charge in [-0.3, -0.25) is 9.69 Å². The lowest BCUT2D eigenvalue weighted by atomic mass is 9.88. The molecule has 3 heterocycles. The van der Waals surface area contributed by atoms with Gasteiger partial charge in [0, 0.05) is 13.1 Å². The van der Waals surface area contributed by atoms with Crippen molar-refractivity contribution in [2.75, 3.05) is 32.9 Å². The van der Waals surface area contributed by atoms with E-state index in [4.69, 9.17) is 4.74 Å². The average molecular weight is 444 g/mol. The number of hydrogen-bond acceptors (Lipinski definition) is 8. The van der Waals surface area contributed by atoms with Gasteiger partial charge >= 0.3 is 0 Å². The molecule has 2 fully saturated rings. The minimum atomic E-state index is -1.33. The molecule has 3 aliphatic rings. The van der Waals surface area contributed by atoms with E-state index < -0.39 is 35.9 Å². The SMILES string of the molecule is CCC[C@@H]1C[C@@H](C(=O)N[C@H](C2=CCNCC2)C2OC(SC)C(O)C(O)C2O)N(C)C1. The maximum Gasteiger partial charge on any atom is 0.237 e. The Balaban J connectivity index is 1.79. The van der Waals surface area contributed by atoms with Crippen LogP contribution >= 0.6 is 11.8 Å². The smallest absolute Gasteiger partial charge is 0.237 e. The maximum atomic E-state index is 13.3. The number of nitrogens with zero attached hydrogens (tertiary/aromatic N) is 1. The number of carbonyl (C=O) groups excluding carboxylic acids is 1.